The Morgan fingerprint density at radius 2 is 1.83 bits per heavy atom. The van der Waals surface area contributed by atoms with Gasteiger partial charge in [-0.25, -0.2) is 14.6 Å². The highest BCUT2D eigenvalue weighted by Crippen LogP contribution is 2.34. The molecule has 2 radical (unpaired) electrons. The molecule has 12 heteroatoms. The van der Waals surface area contributed by atoms with Crippen molar-refractivity contribution in [1.29, 1.82) is 0 Å². The van der Waals surface area contributed by atoms with Crippen molar-refractivity contribution in [2.45, 2.75) is 39.0 Å². The number of amides is 4. The maximum atomic E-state index is 13.9. The predicted octanol–water partition coefficient (Wildman–Crippen LogP) is 2.54. The number of hydrogen-bond acceptors (Lipinski definition) is 6. The zero-order valence-corrected chi connectivity index (χ0v) is 23.6. The van der Waals surface area contributed by atoms with E-state index in [1.807, 2.05) is 44.2 Å². The molecule has 3 aromatic rings. The summed E-state index contributed by atoms with van der Waals surface area (Å²) in [5.74, 6) is 0.720. The third-order valence-corrected chi connectivity index (χ3v) is 7.60. The first-order valence-corrected chi connectivity index (χ1v) is 13.4. The molecule has 0 spiro atoms. The molecular formula is C29H33BN6O5. The van der Waals surface area contributed by atoms with Gasteiger partial charge in [-0.2, -0.15) is 0 Å². The number of benzene rings is 2. The molecule has 2 atom stereocenters. The molecule has 3 heterocycles. The highest BCUT2D eigenvalue weighted by Gasteiger charge is 2.43. The summed E-state index contributed by atoms with van der Waals surface area (Å²) in [7, 11) is 8.71. The van der Waals surface area contributed by atoms with Crippen LogP contribution in [0, 0.1) is 5.92 Å². The molecule has 212 valence electrons. The number of H-pyrrole nitrogens is 1. The van der Waals surface area contributed by atoms with Crippen LogP contribution in [0.15, 0.2) is 48.7 Å². The van der Waals surface area contributed by atoms with Gasteiger partial charge in [-0.05, 0) is 23.1 Å². The molecule has 2 aliphatic heterocycles. The van der Waals surface area contributed by atoms with Crippen molar-refractivity contribution in [2.24, 2.45) is 5.92 Å². The Balaban J connectivity index is 1.42. The molecule has 0 saturated carbocycles. The average Bonchev–Trinajstić information content (AvgIpc) is 3.73. The fourth-order valence-corrected chi connectivity index (χ4v) is 5.35. The van der Waals surface area contributed by atoms with Crippen molar-refractivity contribution >= 4 is 31.3 Å². The minimum atomic E-state index is -0.855. The summed E-state index contributed by atoms with van der Waals surface area (Å²) < 4.78 is 10.3. The van der Waals surface area contributed by atoms with Gasteiger partial charge in [0.2, 0.25) is 5.91 Å². The number of ether oxygens (including phenoxy) is 2. The van der Waals surface area contributed by atoms with Crippen molar-refractivity contribution in [3.63, 3.8) is 0 Å². The van der Waals surface area contributed by atoms with Gasteiger partial charge in [0.05, 0.1) is 45.9 Å². The monoisotopic (exact) mass is 556 g/mol. The van der Waals surface area contributed by atoms with Crippen LogP contribution in [0.3, 0.4) is 0 Å². The number of fused-ring (bicyclic) bond motifs is 1. The number of rotatable bonds is 6. The number of aromatic amines is 1. The standard InChI is InChI=1S/C29H33BN6O5/c1-17(2)25(33-28(38)41-4)27(37)36-16-35(29(39)34-13-19-6-5-7-24(40-3)21(19)14-34)15-23(36)26-31-12-22(32-26)18-8-10-20(30)11-9-18/h5-12,17,23,25H,13-16H2,1-4H3,(H,31,32)(H,33,38)/t23?,25-/m0/s1. The number of nitrogens with zero attached hydrogens (tertiary/aromatic N) is 4. The molecule has 5 rings (SSSR count). The Bertz CT molecular complexity index is 1440. The van der Waals surface area contributed by atoms with Gasteiger partial charge >= 0.3 is 12.1 Å². The summed E-state index contributed by atoms with van der Waals surface area (Å²) in [4.78, 5) is 52.7. The number of urea groups is 1. The third kappa shape index (κ3) is 5.59. The Hall–Kier alpha value is -4.48. The molecular weight excluding hydrogens is 523 g/mol. The zero-order chi connectivity index (χ0) is 29.3. The fourth-order valence-electron chi connectivity index (χ4n) is 5.35. The lowest BCUT2D eigenvalue weighted by Crippen LogP contribution is -2.52. The third-order valence-electron chi connectivity index (χ3n) is 7.60. The molecule has 1 saturated heterocycles. The fraction of sp³-hybridized carbons (Fsp3) is 0.379. The highest BCUT2D eigenvalue weighted by molar-refractivity contribution is 6.32. The smallest absolute Gasteiger partial charge is 0.407 e. The Morgan fingerprint density at radius 3 is 2.51 bits per heavy atom. The Morgan fingerprint density at radius 1 is 1.07 bits per heavy atom. The number of carbonyl (C=O) groups excluding carboxylic acids is 3. The lowest BCUT2D eigenvalue weighted by atomic mass is 9.95. The Kier molecular flexibility index (Phi) is 7.91. The van der Waals surface area contributed by atoms with E-state index in [4.69, 9.17) is 17.3 Å². The number of carbonyl (C=O) groups is 3. The normalized spacial score (nSPS) is 17.0. The second-order valence-corrected chi connectivity index (χ2v) is 10.6. The van der Waals surface area contributed by atoms with Crippen LogP contribution in [-0.4, -0.2) is 84.0 Å². The lowest BCUT2D eigenvalue weighted by molar-refractivity contribution is -0.135. The second kappa shape index (κ2) is 11.6. The number of methoxy groups -OCH3 is 2. The molecule has 2 N–H and O–H groups in total. The van der Waals surface area contributed by atoms with Crippen LogP contribution < -0.4 is 15.5 Å². The summed E-state index contributed by atoms with van der Waals surface area (Å²) in [6.45, 7) is 4.80. The largest absolute Gasteiger partial charge is 0.496 e. The number of aromatic nitrogens is 2. The van der Waals surface area contributed by atoms with Gasteiger partial charge in [0.25, 0.3) is 0 Å². The number of imidazole rings is 1. The molecule has 1 fully saturated rings. The highest BCUT2D eigenvalue weighted by atomic mass is 16.5. The second-order valence-electron chi connectivity index (χ2n) is 10.6. The van der Waals surface area contributed by atoms with Crippen LogP contribution in [0.2, 0.25) is 0 Å². The molecule has 2 aromatic carbocycles. The molecule has 1 unspecified atom stereocenters. The summed E-state index contributed by atoms with van der Waals surface area (Å²) in [6, 6.07) is 11.5. The van der Waals surface area contributed by atoms with E-state index >= 15 is 0 Å². The van der Waals surface area contributed by atoms with E-state index in [0.29, 0.717) is 24.4 Å². The predicted molar refractivity (Wildman–Crippen MR) is 152 cm³/mol. The van der Waals surface area contributed by atoms with Gasteiger partial charge in [-0.15, -0.1) is 0 Å². The van der Waals surface area contributed by atoms with E-state index in [-0.39, 0.29) is 31.1 Å². The van der Waals surface area contributed by atoms with E-state index < -0.39 is 18.2 Å². The molecule has 2 aliphatic rings. The first kappa shape index (κ1) is 28.1. The summed E-state index contributed by atoms with van der Waals surface area (Å²) in [5.41, 5.74) is 4.30. The van der Waals surface area contributed by atoms with Crippen molar-refractivity contribution in [2.75, 3.05) is 27.4 Å². The average molecular weight is 556 g/mol. The molecule has 0 aliphatic carbocycles. The van der Waals surface area contributed by atoms with Crippen LogP contribution >= 0.6 is 0 Å². The zero-order valence-electron chi connectivity index (χ0n) is 23.6. The number of alkyl carbamates (subject to hydrolysis) is 1. The number of hydrogen-bond donors (Lipinski definition) is 2. The van der Waals surface area contributed by atoms with E-state index in [1.165, 1.54) is 7.11 Å². The topological polar surface area (TPSA) is 120 Å². The quantitative estimate of drug-likeness (QED) is 0.451. The van der Waals surface area contributed by atoms with Crippen LogP contribution in [0.1, 0.15) is 36.8 Å². The summed E-state index contributed by atoms with van der Waals surface area (Å²) >= 11 is 0. The minimum Gasteiger partial charge on any atom is -0.496 e. The van der Waals surface area contributed by atoms with Crippen LogP contribution in [-0.2, 0) is 22.6 Å². The van der Waals surface area contributed by atoms with E-state index in [9.17, 15) is 14.4 Å². The van der Waals surface area contributed by atoms with Gasteiger partial charge in [0.15, 0.2) is 0 Å². The maximum Gasteiger partial charge on any atom is 0.407 e. The lowest BCUT2D eigenvalue weighted by Gasteiger charge is -2.29. The van der Waals surface area contributed by atoms with Gasteiger partial charge in [0, 0.05) is 12.1 Å². The van der Waals surface area contributed by atoms with Gasteiger partial charge in [0.1, 0.15) is 31.5 Å². The first-order valence-electron chi connectivity index (χ1n) is 13.4. The molecule has 41 heavy (non-hydrogen) atoms. The van der Waals surface area contributed by atoms with E-state index in [1.54, 1.807) is 40.1 Å². The van der Waals surface area contributed by atoms with Gasteiger partial charge in [-0.1, -0.05) is 55.7 Å². The van der Waals surface area contributed by atoms with Crippen molar-refractivity contribution in [3.05, 3.63) is 65.6 Å². The number of nitrogens with one attached hydrogen (secondary N) is 2. The molecule has 11 nitrogen and oxygen atoms in total. The van der Waals surface area contributed by atoms with E-state index in [0.717, 1.165) is 28.1 Å². The van der Waals surface area contributed by atoms with Crippen molar-refractivity contribution < 1.29 is 23.9 Å². The van der Waals surface area contributed by atoms with Crippen molar-refractivity contribution in [1.82, 2.24) is 30.0 Å². The minimum absolute atomic E-state index is 0.0380. The first-order chi connectivity index (χ1) is 19.7. The van der Waals surface area contributed by atoms with Crippen LogP contribution in [0.4, 0.5) is 9.59 Å². The van der Waals surface area contributed by atoms with Gasteiger partial charge in [-0.3, -0.25) is 4.79 Å². The molecule has 0 bridgehead atoms. The molecule has 4 amide bonds. The van der Waals surface area contributed by atoms with Crippen LogP contribution in [0.5, 0.6) is 5.75 Å². The Labute approximate surface area is 240 Å². The van der Waals surface area contributed by atoms with E-state index in [2.05, 4.69) is 15.3 Å². The van der Waals surface area contributed by atoms with Crippen molar-refractivity contribution in [3.8, 4) is 17.0 Å². The van der Waals surface area contributed by atoms with Gasteiger partial charge < -0.3 is 34.5 Å². The molecule has 1 aromatic heterocycles. The summed E-state index contributed by atoms with van der Waals surface area (Å²) in [5, 5.41) is 2.65. The SMILES string of the molecule is [B]c1ccc(-c2cnc(C3CN(C(=O)N4Cc5cccc(OC)c5C4)CN3C(=O)[C@@H](NC(=O)OC)C(C)C)[nH]2)cc1. The van der Waals surface area contributed by atoms with Crippen LogP contribution in [0.25, 0.3) is 11.3 Å². The summed E-state index contributed by atoms with van der Waals surface area (Å²) in [6.07, 6.45) is 0.998. The maximum absolute atomic E-state index is 13.9.